The zero-order valence-corrected chi connectivity index (χ0v) is 8.36. The van der Waals surface area contributed by atoms with Crippen LogP contribution in [0.15, 0.2) is 0 Å². The second-order valence-electron chi connectivity index (χ2n) is 3.06. The normalized spacial score (nSPS) is 10.5. The van der Waals surface area contributed by atoms with Gasteiger partial charge in [0.15, 0.2) is 0 Å². The third-order valence-corrected chi connectivity index (χ3v) is 1.74. The Labute approximate surface area is 77.1 Å². The van der Waals surface area contributed by atoms with Crippen molar-refractivity contribution >= 4 is 0 Å². The Hall–Kier alpha value is -0.0800. The highest BCUT2D eigenvalue weighted by Crippen LogP contribution is 1.84. The van der Waals surface area contributed by atoms with Crippen LogP contribution in [0.5, 0.6) is 0 Å². The smallest absolute Gasteiger partial charge is 0.00484 e. The molecule has 0 aliphatic heterocycles. The van der Waals surface area contributed by atoms with Gasteiger partial charge in [-0.1, -0.05) is 13.8 Å². The van der Waals surface area contributed by atoms with E-state index in [4.69, 9.17) is 0 Å². The van der Waals surface area contributed by atoms with Gasteiger partial charge in [-0.15, -0.1) is 0 Å². The second kappa shape index (κ2) is 10.9. The van der Waals surface area contributed by atoms with Crippen molar-refractivity contribution in [2.75, 3.05) is 26.2 Å². The maximum atomic E-state index is 3.77. The van der Waals surface area contributed by atoms with Gasteiger partial charge in [0.1, 0.15) is 0 Å². The summed E-state index contributed by atoms with van der Waals surface area (Å²) < 4.78 is 0. The lowest BCUT2D eigenvalue weighted by atomic mass is 10.3. The van der Waals surface area contributed by atoms with E-state index in [9.17, 15) is 0 Å². The molecule has 2 nitrogen and oxygen atoms in total. The van der Waals surface area contributed by atoms with Crippen molar-refractivity contribution in [3.63, 3.8) is 0 Å². The van der Waals surface area contributed by atoms with Gasteiger partial charge in [0.2, 0.25) is 0 Å². The van der Waals surface area contributed by atoms with E-state index in [2.05, 4.69) is 24.5 Å². The molecule has 0 unspecified atom stereocenters. The fraction of sp³-hybridized carbons (Fsp3) is 0.900. The van der Waals surface area contributed by atoms with E-state index in [1.165, 1.54) is 25.8 Å². The average molecular weight is 171 g/mol. The Kier molecular flexibility index (Phi) is 10.8. The molecule has 73 valence electrons. The Morgan fingerprint density at radius 3 is 2.00 bits per heavy atom. The quantitative estimate of drug-likeness (QED) is 0.515. The first kappa shape index (κ1) is 11.9. The minimum Gasteiger partial charge on any atom is -0.317 e. The molecular formula is C10H23N2. The van der Waals surface area contributed by atoms with Crippen LogP contribution in [0.1, 0.15) is 32.6 Å². The number of unbranched alkanes of at least 4 members (excludes halogenated alkanes) is 1. The zero-order valence-electron chi connectivity index (χ0n) is 8.36. The molecule has 0 bridgehead atoms. The summed E-state index contributed by atoms with van der Waals surface area (Å²) in [4.78, 5) is 0. The molecule has 0 spiro atoms. The standard InChI is InChI=1S/C10H23N2/c1-3-7-11-9-5-6-10-12-8-4-2/h11-12H,1,3-10H2,2H3. The van der Waals surface area contributed by atoms with Gasteiger partial charge in [-0.05, 0) is 51.9 Å². The summed E-state index contributed by atoms with van der Waals surface area (Å²) in [6, 6.07) is 0. The number of hydrogen-bond acceptors (Lipinski definition) is 2. The van der Waals surface area contributed by atoms with Crippen LogP contribution in [0.4, 0.5) is 0 Å². The maximum Gasteiger partial charge on any atom is -0.00484 e. The molecule has 12 heavy (non-hydrogen) atoms. The van der Waals surface area contributed by atoms with Crippen LogP contribution in [0.25, 0.3) is 0 Å². The molecule has 0 aromatic carbocycles. The summed E-state index contributed by atoms with van der Waals surface area (Å²) in [5, 5.41) is 6.72. The lowest BCUT2D eigenvalue weighted by molar-refractivity contribution is 0.582. The molecule has 0 aromatic rings. The molecule has 0 aliphatic carbocycles. The first-order valence-corrected chi connectivity index (χ1v) is 5.12. The van der Waals surface area contributed by atoms with Gasteiger partial charge in [-0.25, -0.2) is 0 Å². The summed E-state index contributed by atoms with van der Waals surface area (Å²) in [6.45, 7) is 10.5. The lowest BCUT2D eigenvalue weighted by Gasteiger charge is -2.03. The highest BCUT2D eigenvalue weighted by Gasteiger charge is 1.87. The van der Waals surface area contributed by atoms with Crippen molar-refractivity contribution in [2.45, 2.75) is 32.6 Å². The average Bonchev–Trinajstić information content (AvgIpc) is 2.10. The minimum atomic E-state index is 0.994. The van der Waals surface area contributed by atoms with E-state index in [0.717, 1.165) is 26.1 Å². The number of hydrogen-bond donors (Lipinski definition) is 2. The van der Waals surface area contributed by atoms with Crippen LogP contribution in [0.3, 0.4) is 0 Å². The zero-order chi connectivity index (χ0) is 9.07. The van der Waals surface area contributed by atoms with Crippen LogP contribution in [0.2, 0.25) is 0 Å². The Bertz CT molecular complexity index is 64.2. The Balaban J connectivity index is 2.73. The van der Waals surface area contributed by atoms with E-state index >= 15 is 0 Å². The van der Waals surface area contributed by atoms with E-state index in [1.54, 1.807) is 0 Å². The molecule has 1 radical (unpaired) electrons. The van der Waals surface area contributed by atoms with Crippen molar-refractivity contribution < 1.29 is 0 Å². The van der Waals surface area contributed by atoms with Crippen LogP contribution in [-0.4, -0.2) is 26.2 Å². The first-order valence-electron chi connectivity index (χ1n) is 5.12. The molecule has 0 atom stereocenters. The van der Waals surface area contributed by atoms with Crippen molar-refractivity contribution in [1.29, 1.82) is 0 Å². The van der Waals surface area contributed by atoms with Gasteiger partial charge >= 0.3 is 0 Å². The van der Waals surface area contributed by atoms with Crippen LogP contribution < -0.4 is 10.6 Å². The van der Waals surface area contributed by atoms with Crippen molar-refractivity contribution in [3.05, 3.63) is 6.92 Å². The largest absolute Gasteiger partial charge is 0.317 e. The summed E-state index contributed by atoms with van der Waals surface area (Å²) in [7, 11) is 0. The predicted molar refractivity (Wildman–Crippen MR) is 55.2 cm³/mol. The summed E-state index contributed by atoms with van der Waals surface area (Å²) in [5.41, 5.74) is 0. The molecule has 0 aromatic heterocycles. The number of rotatable bonds is 9. The van der Waals surface area contributed by atoms with Gasteiger partial charge in [0.05, 0.1) is 0 Å². The molecule has 0 saturated heterocycles. The van der Waals surface area contributed by atoms with Crippen LogP contribution >= 0.6 is 0 Å². The molecule has 0 fully saturated rings. The fourth-order valence-corrected chi connectivity index (χ4v) is 1.05. The fourth-order valence-electron chi connectivity index (χ4n) is 1.05. The predicted octanol–water partition coefficient (Wildman–Crippen LogP) is 1.58. The van der Waals surface area contributed by atoms with E-state index in [-0.39, 0.29) is 0 Å². The van der Waals surface area contributed by atoms with E-state index in [1.807, 2.05) is 0 Å². The van der Waals surface area contributed by atoms with E-state index < -0.39 is 0 Å². The van der Waals surface area contributed by atoms with Crippen molar-refractivity contribution in [1.82, 2.24) is 10.6 Å². The van der Waals surface area contributed by atoms with Gasteiger partial charge < -0.3 is 10.6 Å². The third kappa shape index (κ3) is 9.92. The molecule has 0 amide bonds. The highest BCUT2D eigenvalue weighted by atomic mass is 14.9. The summed E-state index contributed by atoms with van der Waals surface area (Å²) in [6.07, 6.45) is 4.79. The topological polar surface area (TPSA) is 24.1 Å². The lowest BCUT2D eigenvalue weighted by Crippen LogP contribution is -2.19. The maximum absolute atomic E-state index is 3.77. The molecular weight excluding hydrogens is 148 g/mol. The first-order chi connectivity index (χ1) is 5.91. The second-order valence-corrected chi connectivity index (χ2v) is 3.06. The van der Waals surface area contributed by atoms with Crippen LogP contribution in [-0.2, 0) is 0 Å². The van der Waals surface area contributed by atoms with Gasteiger partial charge in [0, 0.05) is 0 Å². The minimum absolute atomic E-state index is 0.994. The van der Waals surface area contributed by atoms with Crippen molar-refractivity contribution in [2.24, 2.45) is 0 Å². The van der Waals surface area contributed by atoms with Gasteiger partial charge in [-0.2, -0.15) is 0 Å². The molecule has 2 heteroatoms. The highest BCUT2D eigenvalue weighted by molar-refractivity contribution is 4.51. The van der Waals surface area contributed by atoms with Gasteiger partial charge in [-0.3, -0.25) is 0 Å². The molecule has 0 rings (SSSR count). The van der Waals surface area contributed by atoms with Crippen LogP contribution in [0, 0.1) is 6.92 Å². The SMILES string of the molecule is [CH2]CCNCCCCNCCC. The Morgan fingerprint density at radius 1 is 0.917 bits per heavy atom. The molecule has 0 heterocycles. The van der Waals surface area contributed by atoms with Crippen molar-refractivity contribution in [3.8, 4) is 0 Å². The molecule has 0 saturated carbocycles. The summed E-state index contributed by atoms with van der Waals surface area (Å²) >= 11 is 0. The summed E-state index contributed by atoms with van der Waals surface area (Å²) in [5.74, 6) is 0. The molecule has 2 N–H and O–H groups in total. The molecule has 0 aliphatic rings. The number of nitrogens with one attached hydrogen (secondary N) is 2. The van der Waals surface area contributed by atoms with E-state index in [0.29, 0.717) is 0 Å². The van der Waals surface area contributed by atoms with Gasteiger partial charge in [0.25, 0.3) is 0 Å². The third-order valence-electron chi connectivity index (χ3n) is 1.74. The Morgan fingerprint density at radius 2 is 1.50 bits per heavy atom. The monoisotopic (exact) mass is 171 g/mol.